The number of rotatable bonds is 4. The summed E-state index contributed by atoms with van der Waals surface area (Å²) in [6, 6.07) is 0. The van der Waals surface area contributed by atoms with Crippen molar-refractivity contribution in [3.05, 3.63) is 0 Å². The van der Waals surface area contributed by atoms with Crippen LogP contribution >= 0.6 is 0 Å². The van der Waals surface area contributed by atoms with Gasteiger partial charge in [0.25, 0.3) is 0 Å². The number of amides is 1. The molecular weight excluding hydrogens is 182 g/mol. The van der Waals surface area contributed by atoms with Gasteiger partial charge in [0.2, 0.25) is 0 Å². The van der Waals surface area contributed by atoms with Crippen LogP contribution in [0.3, 0.4) is 0 Å². The fourth-order valence-corrected chi connectivity index (χ4v) is 1.41. The summed E-state index contributed by atoms with van der Waals surface area (Å²) in [5, 5.41) is 0. The largest absolute Gasteiger partial charge is 0.448 e. The van der Waals surface area contributed by atoms with E-state index < -0.39 is 6.09 Å². The predicted molar refractivity (Wildman–Crippen MR) is 52.7 cm³/mol. The number of hydroxylamine groups is 1. The van der Waals surface area contributed by atoms with Gasteiger partial charge < -0.3 is 4.74 Å². The van der Waals surface area contributed by atoms with Crippen LogP contribution in [0.15, 0.2) is 0 Å². The number of carbonyl (C=O) groups excluding carboxylic acids is 1. The highest BCUT2D eigenvalue weighted by molar-refractivity contribution is 5.65. The van der Waals surface area contributed by atoms with Crippen LogP contribution in [0.4, 0.5) is 4.79 Å². The summed E-state index contributed by atoms with van der Waals surface area (Å²) in [5.41, 5.74) is 2.32. The maximum atomic E-state index is 11.0. The van der Waals surface area contributed by atoms with E-state index in [1.54, 1.807) is 0 Å². The van der Waals surface area contributed by atoms with Crippen LogP contribution < -0.4 is 5.48 Å². The summed E-state index contributed by atoms with van der Waals surface area (Å²) in [6.45, 7) is 4.41. The Morgan fingerprint density at radius 3 is 2.64 bits per heavy atom. The lowest BCUT2D eigenvalue weighted by molar-refractivity contribution is -0.0216. The van der Waals surface area contributed by atoms with Gasteiger partial charge in [0, 0.05) is 0 Å². The molecule has 14 heavy (non-hydrogen) atoms. The molecule has 1 aliphatic carbocycles. The van der Waals surface area contributed by atoms with Crippen molar-refractivity contribution in [1.29, 1.82) is 0 Å². The molecule has 0 radical (unpaired) electrons. The summed E-state index contributed by atoms with van der Waals surface area (Å²) in [5.74, 6) is 0.354. The van der Waals surface area contributed by atoms with E-state index in [9.17, 15) is 4.79 Å². The molecule has 0 bridgehead atoms. The molecule has 0 aromatic carbocycles. The second-order valence-electron chi connectivity index (χ2n) is 4.12. The van der Waals surface area contributed by atoms with E-state index in [1.165, 1.54) is 12.8 Å². The Labute approximate surface area is 84.9 Å². The number of ether oxygens (including phenoxy) is 1. The highest BCUT2D eigenvalue weighted by Crippen LogP contribution is 2.19. The molecule has 82 valence electrons. The molecule has 1 saturated carbocycles. The lowest BCUT2D eigenvalue weighted by Crippen LogP contribution is -2.29. The molecule has 0 aliphatic heterocycles. The van der Waals surface area contributed by atoms with E-state index in [2.05, 4.69) is 5.48 Å². The third kappa shape index (κ3) is 4.46. The van der Waals surface area contributed by atoms with Gasteiger partial charge in [0.15, 0.2) is 0 Å². The van der Waals surface area contributed by atoms with Crippen LogP contribution in [0.2, 0.25) is 0 Å². The van der Waals surface area contributed by atoms with Crippen LogP contribution in [-0.4, -0.2) is 18.8 Å². The van der Waals surface area contributed by atoms with Gasteiger partial charge in [0.1, 0.15) is 0 Å². The first-order chi connectivity index (χ1) is 6.68. The minimum atomic E-state index is -0.481. The van der Waals surface area contributed by atoms with Gasteiger partial charge in [-0.25, -0.2) is 4.79 Å². The molecule has 1 amide bonds. The highest BCUT2D eigenvalue weighted by Gasteiger charge is 2.17. The van der Waals surface area contributed by atoms with Gasteiger partial charge in [-0.1, -0.05) is 26.7 Å². The minimum absolute atomic E-state index is 0.182. The smallest absolute Gasteiger partial charge is 0.431 e. The van der Waals surface area contributed by atoms with E-state index in [0.29, 0.717) is 12.5 Å². The number of hydrogen-bond donors (Lipinski definition) is 1. The van der Waals surface area contributed by atoms with Gasteiger partial charge >= 0.3 is 6.09 Å². The monoisotopic (exact) mass is 201 g/mol. The topological polar surface area (TPSA) is 47.6 Å². The van der Waals surface area contributed by atoms with E-state index in [4.69, 9.17) is 9.57 Å². The van der Waals surface area contributed by atoms with E-state index in [0.717, 1.165) is 12.8 Å². The molecule has 1 rings (SSSR count). The minimum Gasteiger partial charge on any atom is -0.448 e. The lowest BCUT2D eigenvalue weighted by Gasteiger charge is -2.12. The Morgan fingerprint density at radius 2 is 2.07 bits per heavy atom. The number of nitrogens with one attached hydrogen (secondary N) is 1. The Balaban J connectivity index is 2.02. The first kappa shape index (κ1) is 11.3. The molecule has 4 heteroatoms. The van der Waals surface area contributed by atoms with Crippen molar-refractivity contribution in [2.24, 2.45) is 5.92 Å². The zero-order valence-electron chi connectivity index (χ0n) is 8.91. The quantitative estimate of drug-likeness (QED) is 0.709. The van der Waals surface area contributed by atoms with Crippen molar-refractivity contribution in [2.75, 3.05) is 6.61 Å². The van der Waals surface area contributed by atoms with Crippen molar-refractivity contribution in [2.45, 2.75) is 45.6 Å². The molecule has 1 aliphatic rings. The van der Waals surface area contributed by atoms with Crippen molar-refractivity contribution in [1.82, 2.24) is 5.48 Å². The molecule has 0 atom stereocenters. The van der Waals surface area contributed by atoms with Crippen molar-refractivity contribution < 1.29 is 14.4 Å². The summed E-state index contributed by atoms with van der Waals surface area (Å²) in [7, 11) is 0. The van der Waals surface area contributed by atoms with Gasteiger partial charge in [-0.3, -0.25) is 4.84 Å². The fraction of sp³-hybridized carbons (Fsp3) is 0.900. The van der Waals surface area contributed by atoms with Crippen molar-refractivity contribution in [3.8, 4) is 0 Å². The maximum absolute atomic E-state index is 11.0. The standard InChI is InChI=1S/C10H19NO3/c1-8(2)7-13-10(12)11-14-9-5-3-4-6-9/h8-9H,3-7H2,1-2H3,(H,11,12). The first-order valence-corrected chi connectivity index (χ1v) is 5.27. The molecule has 1 fully saturated rings. The van der Waals surface area contributed by atoms with Crippen molar-refractivity contribution >= 4 is 6.09 Å². The molecular formula is C10H19NO3. The Hall–Kier alpha value is -0.770. The first-order valence-electron chi connectivity index (χ1n) is 5.27. The third-order valence-corrected chi connectivity index (χ3v) is 2.16. The average molecular weight is 201 g/mol. The second-order valence-corrected chi connectivity index (χ2v) is 4.12. The lowest BCUT2D eigenvalue weighted by atomic mass is 10.2. The number of hydrogen-bond acceptors (Lipinski definition) is 3. The van der Waals surface area contributed by atoms with Crippen molar-refractivity contribution in [3.63, 3.8) is 0 Å². The summed E-state index contributed by atoms with van der Waals surface area (Å²) < 4.78 is 4.89. The maximum Gasteiger partial charge on any atom is 0.431 e. The second kappa shape index (κ2) is 5.86. The van der Waals surface area contributed by atoms with Crippen LogP contribution in [0.5, 0.6) is 0 Å². The third-order valence-electron chi connectivity index (χ3n) is 2.16. The van der Waals surface area contributed by atoms with Crippen LogP contribution in [0.25, 0.3) is 0 Å². The summed E-state index contributed by atoms with van der Waals surface area (Å²) in [6.07, 6.45) is 4.14. The van der Waals surface area contributed by atoms with E-state index in [1.807, 2.05) is 13.8 Å². The van der Waals surface area contributed by atoms with E-state index in [-0.39, 0.29) is 6.10 Å². The Morgan fingerprint density at radius 1 is 1.43 bits per heavy atom. The molecule has 0 heterocycles. The normalized spacial score (nSPS) is 17.4. The predicted octanol–water partition coefficient (Wildman–Crippen LogP) is 2.24. The number of carbonyl (C=O) groups is 1. The van der Waals surface area contributed by atoms with Gasteiger partial charge in [-0.05, 0) is 18.8 Å². The molecule has 0 unspecified atom stereocenters. The van der Waals surface area contributed by atoms with Gasteiger partial charge in [-0.2, -0.15) is 5.48 Å². The Bertz CT molecular complexity index is 176. The molecule has 1 N–H and O–H groups in total. The summed E-state index contributed by atoms with van der Waals surface area (Å²) in [4.78, 5) is 16.2. The zero-order valence-corrected chi connectivity index (χ0v) is 8.91. The van der Waals surface area contributed by atoms with Crippen LogP contribution in [0, 0.1) is 5.92 Å². The van der Waals surface area contributed by atoms with E-state index >= 15 is 0 Å². The van der Waals surface area contributed by atoms with Gasteiger partial charge in [0.05, 0.1) is 12.7 Å². The molecule has 4 nitrogen and oxygen atoms in total. The molecule has 0 aromatic heterocycles. The Kier molecular flexibility index (Phi) is 4.73. The fourth-order valence-electron chi connectivity index (χ4n) is 1.41. The molecule has 0 spiro atoms. The van der Waals surface area contributed by atoms with Crippen LogP contribution in [-0.2, 0) is 9.57 Å². The van der Waals surface area contributed by atoms with Crippen LogP contribution in [0.1, 0.15) is 39.5 Å². The zero-order chi connectivity index (χ0) is 10.4. The van der Waals surface area contributed by atoms with Gasteiger partial charge in [-0.15, -0.1) is 0 Å². The SMILES string of the molecule is CC(C)COC(=O)NOC1CCCC1. The molecule has 0 aromatic rings. The molecule has 0 saturated heterocycles. The highest BCUT2D eigenvalue weighted by atomic mass is 16.7. The average Bonchev–Trinajstić information content (AvgIpc) is 2.63. The summed E-state index contributed by atoms with van der Waals surface area (Å²) >= 11 is 0.